The van der Waals surface area contributed by atoms with Crippen LogP contribution in [0.1, 0.15) is 28.9 Å². The fraction of sp³-hybridized carbons (Fsp3) is 0.263. The molecule has 2 aromatic carbocycles. The summed E-state index contributed by atoms with van der Waals surface area (Å²) in [7, 11) is 3.77. The molecule has 0 aliphatic carbocycles. The normalized spacial score (nSPS) is 11.5. The molecule has 1 N–H and O–H groups in total. The van der Waals surface area contributed by atoms with Gasteiger partial charge in [-0.15, -0.1) is 0 Å². The van der Waals surface area contributed by atoms with Crippen molar-refractivity contribution < 1.29 is 14.3 Å². The molecule has 5 nitrogen and oxygen atoms in total. The molecule has 25 heavy (non-hydrogen) atoms. The van der Waals surface area contributed by atoms with Gasteiger partial charge in [0.25, 0.3) is 5.91 Å². The number of hydrogen-bond acceptors (Lipinski definition) is 4. The van der Waals surface area contributed by atoms with Gasteiger partial charge < -0.3 is 15.0 Å². The molecule has 0 aliphatic heterocycles. The molecule has 2 aromatic rings. The lowest BCUT2D eigenvalue weighted by Crippen LogP contribution is -2.31. The highest BCUT2D eigenvalue weighted by atomic mass is 35.5. The van der Waals surface area contributed by atoms with E-state index < -0.39 is 5.97 Å². The number of benzene rings is 2. The third kappa shape index (κ3) is 5.22. The first-order valence-corrected chi connectivity index (χ1v) is 8.24. The zero-order valence-electron chi connectivity index (χ0n) is 14.5. The van der Waals surface area contributed by atoms with Crippen molar-refractivity contribution in [3.05, 3.63) is 64.7 Å². The van der Waals surface area contributed by atoms with Crippen molar-refractivity contribution in [2.45, 2.75) is 13.0 Å². The van der Waals surface area contributed by atoms with Crippen LogP contribution >= 0.6 is 11.6 Å². The molecule has 0 radical (unpaired) electrons. The Labute approximate surface area is 152 Å². The number of amides is 1. The molecular weight excluding hydrogens is 340 g/mol. The minimum atomic E-state index is -0.538. The number of carbonyl (C=O) groups excluding carboxylic acids is 2. The second-order valence-corrected chi connectivity index (χ2v) is 6.24. The number of anilines is 1. The van der Waals surface area contributed by atoms with Crippen LogP contribution in [0.15, 0.2) is 48.5 Å². The molecule has 0 saturated heterocycles. The van der Waals surface area contributed by atoms with Crippen LogP contribution in [0.5, 0.6) is 0 Å². The van der Waals surface area contributed by atoms with Gasteiger partial charge in [-0.25, -0.2) is 4.79 Å². The Morgan fingerprint density at radius 1 is 1.16 bits per heavy atom. The monoisotopic (exact) mass is 360 g/mol. The van der Waals surface area contributed by atoms with Crippen LogP contribution in [0.4, 0.5) is 5.69 Å². The van der Waals surface area contributed by atoms with E-state index in [-0.39, 0.29) is 18.6 Å². The van der Waals surface area contributed by atoms with Crippen LogP contribution in [0, 0.1) is 0 Å². The van der Waals surface area contributed by atoms with Crippen LogP contribution in [-0.4, -0.2) is 32.6 Å². The fourth-order valence-corrected chi connectivity index (χ4v) is 2.61. The van der Waals surface area contributed by atoms with E-state index in [1.54, 1.807) is 24.3 Å². The van der Waals surface area contributed by atoms with E-state index in [1.165, 1.54) is 0 Å². The molecule has 0 bridgehead atoms. The van der Waals surface area contributed by atoms with E-state index in [1.807, 2.05) is 50.2 Å². The number of carbonyl (C=O) groups is 2. The predicted molar refractivity (Wildman–Crippen MR) is 99.1 cm³/mol. The van der Waals surface area contributed by atoms with Crippen LogP contribution in [0.3, 0.4) is 0 Å². The average molecular weight is 361 g/mol. The Hall–Kier alpha value is -2.53. The van der Waals surface area contributed by atoms with Crippen molar-refractivity contribution in [1.29, 1.82) is 0 Å². The molecule has 0 fully saturated rings. The Balaban J connectivity index is 1.90. The maximum Gasteiger partial charge on any atom is 0.338 e. The lowest BCUT2D eigenvalue weighted by Gasteiger charge is -2.16. The van der Waals surface area contributed by atoms with Crippen molar-refractivity contribution in [3.8, 4) is 0 Å². The summed E-state index contributed by atoms with van der Waals surface area (Å²) >= 11 is 6.11. The van der Waals surface area contributed by atoms with Gasteiger partial charge in [-0.3, -0.25) is 4.79 Å². The quantitative estimate of drug-likeness (QED) is 0.802. The number of nitrogens with zero attached hydrogens (tertiary/aromatic N) is 1. The van der Waals surface area contributed by atoms with E-state index in [4.69, 9.17) is 16.3 Å². The molecule has 2 rings (SSSR count). The first-order chi connectivity index (χ1) is 11.9. The Bertz CT molecular complexity index is 762. The van der Waals surface area contributed by atoms with Crippen LogP contribution < -0.4 is 10.2 Å². The number of halogens is 1. The highest BCUT2D eigenvalue weighted by Gasteiger charge is 2.15. The summed E-state index contributed by atoms with van der Waals surface area (Å²) in [5, 5.41) is 3.34. The van der Waals surface area contributed by atoms with Crippen molar-refractivity contribution >= 4 is 29.2 Å². The van der Waals surface area contributed by atoms with Crippen LogP contribution in [-0.2, 0) is 9.53 Å². The summed E-state index contributed by atoms with van der Waals surface area (Å²) in [5.74, 6) is -0.922. The summed E-state index contributed by atoms with van der Waals surface area (Å²) in [6, 6.07) is 14.0. The fourth-order valence-electron chi connectivity index (χ4n) is 2.31. The van der Waals surface area contributed by atoms with Gasteiger partial charge in [-0.05, 0) is 36.8 Å². The number of hydrogen-bond donors (Lipinski definition) is 1. The van der Waals surface area contributed by atoms with Gasteiger partial charge in [-0.1, -0.05) is 35.9 Å². The molecule has 0 aromatic heterocycles. The molecular formula is C19H21ClN2O3. The van der Waals surface area contributed by atoms with Crippen molar-refractivity contribution in [1.82, 2.24) is 5.32 Å². The lowest BCUT2D eigenvalue weighted by molar-refractivity contribution is -0.124. The van der Waals surface area contributed by atoms with E-state index in [0.717, 1.165) is 11.3 Å². The molecule has 0 aliphatic rings. The Kier molecular flexibility index (Phi) is 6.42. The van der Waals surface area contributed by atoms with Gasteiger partial charge in [-0.2, -0.15) is 0 Å². The number of ether oxygens (including phenoxy) is 1. The number of rotatable bonds is 6. The minimum absolute atomic E-state index is 0.281. The van der Waals surface area contributed by atoms with Crippen molar-refractivity contribution in [2.24, 2.45) is 0 Å². The maximum absolute atomic E-state index is 12.1. The van der Waals surface area contributed by atoms with Gasteiger partial charge in [0.2, 0.25) is 0 Å². The zero-order chi connectivity index (χ0) is 18.4. The molecule has 0 unspecified atom stereocenters. The number of nitrogens with one attached hydrogen (secondary N) is 1. The minimum Gasteiger partial charge on any atom is -0.452 e. The van der Waals surface area contributed by atoms with E-state index in [9.17, 15) is 9.59 Å². The van der Waals surface area contributed by atoms with Gasteiger partial charge >= 0.3 is 5.97 Å². The topological polar surface area (TPSA) is 58.6 Å². The standard InChI is InChI=1S/C19H21ClN2O3/c1-13(16-9-4-5-10-17(16)20)21-18(23)12-25-19(24)14-7-6-8-15(11-14)22(2)3/h4-11,13H,12H2,1-3H3,(H,21,23)/t13-/m0/s1. The second kappa shape index (κ2) is 8.53. The van der Waals surface area contributed by atoms with Crippen molar-refractivity contribution in [2.75, 3.05) is 25.6 Å². The summed E-state index contributed by atoms with van der Waals surface area (Å²) in [6.07, 6.45) is 0. The number of esters is 1. The maximum atomic E-state index is 12.1. The Morgan fingerprint density at radius 2 is 1.88 bits per heavy atom. The Morgan fingerprint density at radius 3 is 2.56 bits per heavy atom. The molecule has 132 valence electrons. The summed E-state index contributed by atoms with van der Waals surface area (Å²) in [5.41, 5.74) is 2.09. The van der Waals surface area contributed by atoms with Crippen LogP contribution in [0.2, 0.25) is 5.02 Å². The van der Waals surface area contributed by atoms with Crippen molar-refractivity contribution in [3.63, 3.8) is 0 Å². The molecule has 6 heteroatoms. The highest BCUT2D eigenvalue weighted by molar-refractivity contribution is 6.31. The van der Waals surface area contributed by atoms with Gasteiger partial charge in [0, 0.05) is 24.8 Å². The summed E-state index contributed by atoms with van der Waals surface area (Å²) in [4.78, 5) is 26.0. The van der Waals surface area contributed by atoms with E-state index in [2.05, 4.69) is 5.32 Å². The molecule has 0 saturated carbocycles. The molecule has 1 atom stereocenters. The first-order valence-electron chi connectivity index (χ1n) is 7.87. The third-order valence-electron chi connectivity index (χ3n) is 3.68. The van der Waals surface area contributed by atoms with Gasteiger partial charge in [0.05, 0.1) is 11.6 Å². The third-order valence-corrected chi connectivity index (χ3v) is 4.03. The molecule has 0 spiro atoms. The molecule has 1 amide bonds. The smallest absolute Gasteiger partial charge is 0.338 e. The predicted octanol–water partition coefficient (Wildman–Crippen LogP) is 3.44. The zero-order valence-corrected chi connectivity index (χ0v) is 15.2. The van der Waals surface area contributed by atoms with Gasteiger partial charge in [0.1, 0.15) is 0 Å². The molecule has 0 heterocycles. The van der Waals surface area contributed by atoms with E-state index in [0.29, 0.717) is 10.6 Å². The summed E-state index contributed by atoms with van der Waals surface area (Å²) in [6.45, 7) is 1.47. The summed E-state index contributed by atoms with van der Waals surface area (Å²) < 4.78 is 5.09. The first kappa shape index (κ1) is 18.8. The average Bonchev–Trinajstić information content (AvgIpc) is 2.60. The lowest BCUT2D eigenvalue weighted by atomic mass is 10.1. The van der Waals surface area contributed by atoms with E-state index >= 15 is 0 Å². The highest BCUT2D eigenvalue weighted by Crippen LogP contribution is 2.22. The second-order valence-electron chi connectivity index (χ2n) is 5.83. The SMILES string of the molecule is C[C@H](NC(=O)COC(=O)c1cccc(N(C)C)c1)c1ccccc1Cl. The van der Waals surface area contributed by atoms with Crippen LogP contribution in [0.25, 0.3) is 0 Å². The largest absolute Gasteiger partial charge is 0.452 e. The van der Waals surface area contributed by atoms with Gasteiger partial charge in [0.15, 0.2) is 6.61 Å².